The molecule has 0 saturated heterocycles. The minimum Gasteiger partial charge on any atom is -0.361 e. The monoisotopic (exact) mass is 450 g/mol. The third kappa shape index (κ3) is 5.62. The summed E-state index contributed by atoms with van der Waals surface area (Å²) in [6.45, 7) is 6.25. The van der Waals surface area contributed by atoms with Gasteiger partial charge in [0, 0.05) is 54.6 Å². The summed E-state index contributed by atoms with van der Waals surface area (Å²) in [5, 5.41) is 3.65. The van der Waals surface area contributed by atoms with Crippen molar-refractivity contribution >= 4 is 16.8 Å². The van der Waals surface area contributed by atoms with Crippen LogP contribution in [0.25, 0.3) is 10.9 Å². The predicted octanol–water partition coefficient (Wildman–Crippen LogP) is 5.16. The lowest BCUT2D eigenvalue weighted by Gasteiger charge is -2.09. The number of amides is 1. The Hall–Kier alpha value is -3.58. The summed E-state index contributed by atoms with van der Waals surface area (Å²) in [6.07, 6.45) is 5.14. The van der Waals surface area contributed by atoms with E-state index in [9.17, 15) is 13.6 Å². The van der Waals surface area contributed by atoms with Crippen LogP contribution < -0.4 is 11.1 Å². The third-order valence-electron chi connectivity index (χ3n) is 5.30. The van der Waals surface area contributed by atoms with Gasteiger partial charge in [-0.05, 0) is 53.4 Å². The Morgan fingerprint density at radius 2 is 1.79 bits per heavy atom. The van der Waals surface area contributed by atoms with Crippen molar-refractivity contribution in [1.29, 1.82) is 0 Å². The first-order valence-electron chi connectivity index (χ1n) is 10.9. The van der Waals surface area contributed by atoms with E-state index >= 15 is 0 Å². The highest BCUT2D eigenvalue weighted by atomic mass is 19.1. The smallest absolute Gasteiger partial charge is 0.253 e. The first-order valence-corrected chi connectivity index (χ1v) is 10.9. The van der Waals surface area contributed by atoms with E-state index in [1.54, 1.807) is 30.5 Å². The molecule has 0 unspecified atom stereocenters. The minimum absolute atomic E-state index is 0.0463. The zero-order chi connectivity index (χ0) is 24.0. The highest BCUT2D eigenvalue weighted by Gasteiger charge is 2.12. The minimum atomic E-state index is -0.391. The molecule has 0 aliphatic rings. The molecule has 1 amide bonds. The van der Waals surface area contributed by atoms with E-state index in [0.717, 1.165) is 10.9 Å². The van der Waals surface area contributed by atoms with Gasteiger partial charge < -0.3 is 16.0 Å². The maximum atomic E-state index is 14.4. The Labute approximate surface area is 192 Å². The van der Waals surface area contributed by atoms with Gasteiger partial charge in [0.15, 0.2) is 0 Å². The molecule has 0 bridgehead atoms. The van der Waals surface area contributed by atoms with Crippen LogP contribution >= 0.6 is 0 Å². The van der Waals surface area contributed by atoms with Crippen LogP contribution in [0.1, 0.15) is 52.0 Å². The quantitative estimate of drug-likeness (QED) is 0.380. The van der Waals surface area contributed by atoms with Crippen LogP contribution in [0.3, 0.4) is 0 Å². The highest BCUT2D eigenvalue weighted by Crippen LogP contribution is 2.22. The highest BCUT2D eigenvalue weighted by molar-refractivity contribution is 5.94. The fourth-order valence-electron chi connectivity index (χ4n) is 3.53. The Balaban J connectivity index is 0.00000149. The van der Waals surface area contributed by atoms with E-state index in [1.165, 1.54) is 18.3 Å². The lowest BCUT2D eigenvalue weighted by molar-refractivity contribution is 0.0950. The summed E-state index contributed by atoms with van der Waals surface area (Å²) < 4.78 is 28.6. The molecule has 2 aromatic carbocycles. The molecule has 2 heterocycles. The van der Waals surface area contributed by atoms with Crippen LogP contribution in [-0.4, -0.2) is 15.9 Å². The van der Waals surface area contributed by atoms with Crippen molar-refractivity contribution in [3.8, 4) is 0 Å². The van der Waals surface area contributed by atoms with Gasteiger partial charge in [0.1, 0.15) is 11.6 Å². The van der Waals surface area contributed by atoms with Crippen LogP contribution in [-0.2, 0) is 19.5 Å². The molecule has 0 aliphatic carbocycles. The van der Waals surface area contributed by atoms with Gasteiger partial charge in [-0.3, -0.25) is 9.78 Å². The van der Waals surface area contributed by atoms with Gasteiger partial charge in [-0.1, -0.05) is 26.0 Å². The van der Waals surface area contributed by atoms with Gasteiger partial charge in [0.05, 0.1) is 5.56 Å². The second kappa shape index (κ2) is 10.8. The fourth-order valence-corrected chi connectivity index (χ4v) is 3.53. The molecule has 4 N–H and O–H groups in total. The molecular weight excluding hydrogens is 422 g/mol. The molecule has 0 spiro atoms. The number of pyridine rings is 1. The number of hydrogen-bond acceptors (Lipinski definition) is 3. The van der Waals surface area contributed by atoms with E-state index in [1.807, 2.05) is 27.0 Å². The summed E-state index contributed by atoms with van der Waals surface area (Å²) >= 11 is 0. The van der Waals surface area contributed by atoms with Gasteiger partial charge in [-0.25, -0.2) is 8.78 Å². The zero-order valence-electron chi connectivity index (χ0n) is 19.0. The molecule has 0 radical (unpaired) electrons. The van der Waals surface area contributed by atoms with Gasteiger partial charge >= 0.3 is 0 Å². The van der Waals surface area contributed by atoms with Crippen LogP contribution in [0.4, 0.5) is 8.78 Å². The molecule has 4 rings (SSSR count). The normalized spacial score (nSPS) is 10.6. The van der Waals surface area contributed by atoms with Crippen molar-refractivity contribution in [3.05, 3.63) is 100 Å². The van der Waals surface area contributed by atoms with Crippen molar-refractivity contribution in [1.82, 2.24) is 15.3 Å². The number of fused-ring (bicyclic) bond motifs is 1. The Kier molecular flexibility index (Phi) is 7.90. The third-order valence-corrected chi connectivity index (χ3v) is 5.30. The van der Waals surface area contributed by atoms with Crippen molar-refractivity contribution < 1.29 is 13.6 Å². The second-order valence-electron chi connectivity index (χ2n) is 7.53. The molecule has 0 fully saturated rings. The molecule has 7 heteroatoms. The number of carbonyl (C=O) groups excluding carboxylic acids is 1. The molecule has 33 heavy (non-hydrogen) atoms. The van der Waals surface area contributed by atoms with E-state index in [2.05, 4.69) is 15.3 Å². The van der Waals surface area contributed by atoms with E-state index < -0.39 is 5.82 Å². The number of halogens is 2. The average molecular weight is 451 g/mol. The van der Waals surface area contributed by atoms with E-state index in [4.69, 9.17) is 5.73 Å². The van der Waals surface area contributed by atoms with Gasteiger partial charge in [-0.2, -0.15) is 0 Å². The number of carbonyl (C=O) groups is 1. The number of nitrogens with zero attached hydrogens (tertiary/aromatic N) is 1. The van der Waals surface area contributed by atoms with Crippen LogP contribution in [0.5, 0.6) is 0 Å². The van der Waals surface area contributed by atoms with Crippen LogP contribution in [0, 0.1) is 18.6 Å². The second-order valence-corrected chi connectivity index (χ2v) is 7.53. The average Bonchev–Trinajstić information content (AvgIpc) is 3.19. The number of rotatable bonds is 6. The number of benzene rings is 2. The molecule has 0 saturated carbocycles. The van der Waals surface area contributed by atoms with Gasteiger partial charge in [-0.15, -0.1) is 0 Å². The Bertz CT molecular complexity index is 1270. The van der Waals surface area contributed by atoms with Crippen LogP contribution in [0.15, 0.2) is 55.0 Å². The number of aryl methyl sites for hydroxylation is 1. The topological polar surface area (TPSA) is 83.8 Å². The summed E-state index contributed by atoms with van der Waals surface area (Å²) in [6, 6.07) is 9.70. The number of H-pyrrole nitrogens is 1. The SMILES string of the molecule is CC.Cc1c[nH]c2cc(F)c(CNC(=O)c3cncc(Cc4ccc(CN)cc4F)c3)cc12. The first-order chi connectivity index (χ1) is 15.9. The van der Waals surface area contributed by atoms with E-state index in [0.29, 0.717) is 39.8 Å². The predicted molar refractivity (Wildman–Crippen MR) is 127 cm³/mol. The fraction of sp³-hybridized carbons (Fsp3) is 0.231. The summed E-state index contributed by atoms with van der Waals surface area (Å²) in [7, 11) is 0. The summed E-state index contributed by atoms with van der Waals surface area (Å²) in [5.74, 6) is -1.11. The van der Waals surface area contributed by atoms with Crippen molar-refractivity contribution in [3.63, 3.8) is 0 Å². The number of nitrogens with one attached hydrogen (secondary N) is 2. The summed E-state index contributed by atoms with van der Waals surface area (Å²) in [5.41, 5.74) is 9.89. The largest absolute Gasteiger partial charge is 0.361 e. The van der Waals surface area contributed by atoms with Crippen LogP contribution in [0.2, 0.25) is 0 Å². The van der Waals surface area contributed by atoms with Gasteiger partial charge in [0.2, 0.25) is 0 Å². The lowest BCUT2D eigenvalue weighted by atomic mass is 10.0. The summed E-state index contributed by atoms with van der Waals surface area (Å²) in [4.78, 5) is 19.7. The Morgan fingerprint density at radius 3 is 2.52 bits per heavy atom. The first kappa shape index (κ1) is 24.1. The van der Waals surface area contributed by atoms with Crippen molar-refractivity contribution in [2.75, 3.05) is 0 Å². The van der Waals surface area contributed by atoms with Crippen molar-refractivity contribution in [2.45, 2.75) is 40.3 Å². The molecule has 2 aromatic heterocycles. The Morgan fingerprint density at radius 1 is 1.03 bits per heavy atom. The van der Waals surface area contributed by atoms with E-state index in [-0.39, 0.29) is 24.8 Å². The zero-order valence-corrected chi connectivity index (χ0v) is 19.0. The molecule has 5 nitrogen and oxygen atoms in total. The number of aromatic amines is 1. The maximum Gasteiger partial charge on any atom is 0.253 e. The van der Waals surface area contributed by atoms with Gasteiger partial charge in [0.25, 0.3) is 5.91 Å². The molecule has 0 atom stereocenters. The molecule has 4 aromatic rings. The number of aromatic nitrogens is 2. The van der Waals surface area contributed by atoms with Crippen molar-refractivity contribution in [2.24, 2.45) is 5.73 Å². The molecular formula is C26H28F2N4O. The lowest BCUT2D eigenvalue weighted by Crippen LogP contribution is -2.23. The molecule has 172 valence electrons. The number of nitrogens with two attached hydrogens (primary N) is 1. The standard InChI is InChI=1S/C24H22F2N4O.C2H6/c1-14-10-29-23-8-22(26)18(7-20(14)23)13-30-24(31)19-5-16(11-28-12-19)4-17-3-2-15(9-27)6-21(17)25;1-2/h2-3,5-8,10-12,29H,4,9,13,27H2,1H3,(H,30,31);1-2H3. The maximum absolute atomic E-state index is 14.4. The molecule has 0 aliphatic heterocycles. The number of hydrogen-bond donors (Lipinski definition) is 3.